The average molecular weight is 643 g/mol. The molecule has 2 aromatic rings. The number of alkyl carbamates (subject to hydrolysis) is 1. The lowest BCUT2D eigenvalue weighted by atomic mass is 9.85. The molecule has 250 valence electrons. The van der Waals surface area contributed by atoms with E-state index in [4.69, 9.17) is 14.2 Å². The van der Waals surface area contributed by atoms with E-state index < -0.39 is 53.9 Å². The average Bonchev–Trinajstić information content (AvgIpc) is 3.57. The number of hydrogen-bond acceptors (Lipinski definition) is 8. The van der Waals surface area contributed by atoms with Gasteiger partial charge in [-0.25, -0.2) is 23.5 Å². The van der Waals surface area contributed by atoms with Crippen LogP contribution in [-0.4, -0.2) is 76.8 Å². The van der Waals surface area contributed by atoms with E-state index in [2.05, 4.69) is 15.3 Å². The number of ether oxygens (including phenoxy) is 3. The van der Waals surface area contributed by atoms with Crippen LogP contribution in [0.2, 0.25) is 0 Å². The Hall–Kier alpha value is -3.57. The third-order valence-electron chi connectivity index (χ3n) is 10.4. The molecule has 1 aromatic heterocycles. The van der Waals surface area contributed by atoms with Crippen LogP contribution in [0.15, 0.2) is 18.2 Å². The van der Waals surface area contributed by atoms with Gasteiger partial charge in [0.15, 0.2) is 12.0 Å². The number of alkyl halides is 2. The fourth-order valence-corrected chi connectivity index (χ4v) is 7.81. The number of fused-ring (bicyclic) bond motifs is 7. The molecular weight excluding hydrogens is 598 g/mol. The zero-order valence-electron chi connectivity index (χ0n) is 27.3. The fourth-order valence-electron chi connectivity index (χ4n) is 7.81. The smallest absolute Gasteiger partial charge is 0.408 e. The number of benzene rings is 1. The molecule has 2 aliphatic heterocycles. The molecule has 4 aliphatic rings. The molecule has 2 aliphatic carbocycles. The molecule has 1 saturated heterocycles. The minimum absolute atomic E-state index is 0.0328. The summed E-state index contributed by atoms with van der Waals surface area (Å²) in [5.74, 6) is -0.0253. The monoisotopic (exact) mass is 642 g/mol. The van der Waals surface area contributed by atoms with Crippen molar-refractivity contribution in [1.29, 1.82) is 0 Å². The van der Waals surface area contributed by atoms with Crippen LogP contribution in [0.4, 0.5) is 13.6 Å². The summed E-state index contributed by atoms with van der Waals surface area (Å²) >= 11 is 0. The Kier molecular flexibility index (Phi) is 8.60. The number of amides is 2. The number of ketones is 1. The third-order valence-corrected chi connectivity index (χ3v) is 10.4. The van der Waals surface area contributed by atoms with Gasteiger partial charge in [-0.1, -0.05) is 34.1 Å². The molecule has 0 radical (unpaired) electrons. The predicted molar refractivity (Wildman–Crippen MR) is 165 cm³/mol. The van der Waals surface area contributed by atoms with Gasteiger partial charge >= 0.3 is 6.09 Å². The molecule has 2 bridgehead atoms. The van der Waals surface area contributed by atoms with Gasteiger partial charge in [-0.2, -0.15) is 0 Å². The van der Waals surface area contributed by atoms with E-state index in [1.165, 1.54) is 18.9 Å². The van der Waals surface area contributed by atoms with Crippen molar-refractivity contribution in [1.82, 2.24) is 20.2 Å². The molecule has 46 heavy (non-hydrogen) atoms. The molecule has 10 nitrogen and oxygen atoms in total. The summed E-state index contributed by atoms with van der Waals surface area (Å²) in [7, 11) is 1.51. The lowest BCUT2D eigenvalue weighted by molar-refractivity contribution is -0.141. The second-order valence-electron chi connectivity index (χ2n) is 14.6. The molecule has 2 saturated carbocycles. The first kappa shape index (κ1) is 32.4. The van der Waals surface area contributed by atoms with Gasteiger partial charge in [-0.05, 0) is 67.9 Å². The number of rotatable bonds is 2. The van der Waals surface area contributed by atoms with E-state index in [9.17, 15) is 14.4 Å². The maximum Gasteiger partial charge on any atom is 0.408 e. The lowest BCUT2D eigenvalue weighted by Crippen LogP contribution is -2.57. The molecule has 1 N–H and O–H groups in total. The highest BCUT2D eigenvalue weighted by Gasteiger charge is 2.55. The van der Waals surface area contributed by atoms with Crippen LogP contribution in [-0.2, 0) is 14.3 Å². The number of aromatic nitrogens is 2. The van der Waals surface area contributed by atoms with Crippen molar-refractivity contribution in [2.75, 3.05) is 13.7 Å². The second-order valence-corrected chi connectivity index (χ2v) is 14.6. The summed E-state index contributed by atoms with van der Waals surface area (Å²) in [4.78, 5) is 51.0. The van der Waals surface area contributed by atoms with Gasteiger partial charge in [0.1, 0.15) is 35.9 Å². The Morgan fingerprint density at radius 1 is 1.04 bits per heavy atom. The summed E-state index contributed by atoms with van der Waals surface area (Å²) < 4.78 is 49.3. The maximum atomic E-state index is 16.1. The number of Topliss-reactive ketones (excluding diaryl/α,β-unsaturated/α-hetero) is 1. The number of halogens is 2. The summed E-state index contributed by atoms with van der Waals surface area (Å²) in [5, 5.41) is 2.82. The Bertz CT molecular complexity index is 1520. The number of nitrogens with zero attached hydrogens (tertiary/aromatic N) is 3. The summed E-state index contributed by atoms with van der Waals surface area (Å²) in [6, 6.07) is 3.06. The predicted octanol–water partition coefficient (Wildman–Crippen LogP) is 5.52. The van der Waals surface area contributed by atoms with Gasteiger partial charge in [0.2, 0.25) is 11.8 Å². The molecule has 3 heterocycles. The Balaban J connectivity index is 1.40. The largest absolute Gasteiger partial charge is 0.497 e. The summed E-state index contributed by atoms with van der Waals surface area (Å²) in [6.07, 6.45) is -3.12. The van der Waals surface area contributed by atoms with Crippen LogP contribution < -0.4 is 14.8 Å². The number of carbonyl (C=O) groups excluding carboxylic acids is 3. The van der Waals surface area contributed by atoms with Crippen molar-refractivity contribution < 1.29 is 37.4 Å². The van der Waals surface area contributed by atoms with E-state index in [0.29, 0.717) is 41.5 Å². The van der Waals surface area contributed by atoms with Crippen molar-refractivity contribution in [3.05, 3.63) is 23.9 Å². The Morgan fingerprint density at radius 3 is 2.50 bits per heavy atom. The topological polar surface area (TPSA) is 120 Å². The van der Waals surface area contributed by atoms with E-state index in [0.717, 1.165) is 12.8 Å². The SMILES string of the molecule is COc1ccc2nc3c(nc2c1)O[C@H]1CN(C(=O)[C@H](C(C)(C)C)NC(=O)O[C@@H]2CC4CC4[C@H]2CCCC(F)C3F)[C@H](C(C)=O)C1C. The summed E-state index contributed by atoms with van der Waals surface area (Å²) in [6.45, 7) is 8.66. The van der Waals surface area contributed by atoms with E-state index in [1.807, 2.05) is 20.8 Å². The van der Waals surface area contributed by atoms with Gasteiger partial charge in [0, 0.05) is 12.0 Å². The fraction of sp³-hybridized carbons (Fsp3) is 0.676. The minimum atomic E-state index is -2.12. The van der Waals surface area contributed by atoms with Crippen LogP contribution in [0, 0.1) is 29.1 Å². The molecule has 10 atom stereocenters. The molecule has 1 aromatic carbocycles. The number of nitrogens with one attached hydrogen (secondary N) is 1. The highest BCUT2D eigenvalue weighted by atomic mass is 19.2. The molecule has 2 amide bonds. The second kappa shape index (κ2) is 12.2. The number of methoxy groups -OCH3 is 1. The first-order valence-corrected chi connectivity index (χ1v) is 16.3. The molecule has 5 unspecified atom stereocenters. The van der Waals surface area contributed by atoms with Crippen molar-refractivity contribution >= 4 is 28.8 Å². The van der Waals surface area contributed by atoms with Crippen LogP contribution >= 0.6 is 0 Å². The summed E-state index contributed by atoms with van der Waals surface area (Å²) in [5.41, 5.74) is -0.253. The lowest BCUT2D eigenvalue weighted by Gasteiger charge is -2.35. The van der Waals surface area contributed by atoms with Gasteiger partial charge in [0.05, 0.1) is 30.7 Å². The van der Waals surface area contributed by atoms with E-state index in [1.54, 1.807) is 25.1 Å². The van der Waals surface area contributed by atoms with Crippen LogP contribution in [0.25, 0.3) is 11.0 Å². The van der Waals surface area contributed by atoms with Crippen molar-refractivity contribution in [3.63, 3.8) is 0 Å². The van der Waals surface area contributed by atoms with Crippen LogP contribution in [0.3, 0.4) is 0 Å². The molecule has 0 spiro atoms. The normalized spacial score (nSPS) is 35.1. The van der Waals surface area contributed by atoms with Crippen molar-refractivity contribution in [3.8, 4) is 11.6 Å². The minimum Gasteiger partial charge on any atom is -0.497 e. The number of hydrogen-bond donors (Lipinski definition) is 1. The first-order valence-electron chi connectivity index (χ1n) is 16.3. The zero-order valence-corrected chi connectivity index (χ0v) is 27.3. The highest BCUT2D eigenvalue weighted by Crippen LogP contribution is 2.58. The van der Waals surface area contributed by atoms with Gasteiger partial charge in [-0.3, -0.25) is 9.59 Å². The molecule has 12 heteroatoms. The zero-order chi connectivity index (χ0) is 33.1. The van der Waals surface area contributed by atoms with Crippen LogP contribution in [0.5, 0.6) is 11.6 Å². The first-order chi connectivity index (χ1) is 21.8. The third kappa shape index (κ3) is 6.11. The van der Waals surface area contributed by atoms with Crippen LogP contribution in [0.1, 0.15) is 78.6 Å². The van der Waals surface area contributed by atoms with Gasteiger partial charge < -0.3 is 24.4 Å². The highest BCUT2D eigenvalue weighted by molar-refractivity contribution is 5.92. The van der Waals surface area contributed by atoms with Crippen molar-refractivity contribution in [2.24, 2.45) is 29.1 Å². The Morgan fingerprint density at radius 2 is 1.80 bits per heavy atom. The number of carbonyl (C=O) groups is 3. The standard InChI is InChI=1S/C34H44F2N4O6/c1-16-26-15-40(29(16)17(2)41)32(42)30(34(3,4)5)39-33(43)46-25-13-18-12-21(18)20(25)8-7-9-22(35)27(36)28-31(45-26)38-24-14-19(44-6)10-11-23(24)37-28/h10-11,14,16,18,20-22,25-27,29-30H,7-9,12-13,15H2,1-6H3,(H,39,43)/t16?,18?,20-,21?,22?,25-,26+,27?,29+,30-/m1/s1. The molecule has 3 fully saturated rings. The molecule has 6 rings (SSSR count). The molecular formula is C34H44F2N4O6. The van der Waals surface area contributed by atoms with E-state index in [-0.39, 0.29) is 42.3 Å². The Labute approximate surface area is 267 Å². The quantitative estimate of drug-likeness (QED) is 0.455. The van der Waals surface area contributed by atoms with Gasteiger partial charge in [0.25, 0.3) is 0 Å². The van der Waals surface area contributed by atoms with Gasteiger partial charge in [-0.15, -0.1) is 0 Å². The maximum absolute atomic E-state index is 16.1. The van der Waals surface area contributed by atoms with E-state index >= 15 is 8.78 Å². The van der Waals surface area contributed by atoms with Crippen molar-refractivity contribution in [2.45, 2.75) is 103 Å².